The van der Waals surface area contributed by atoms with E-state index in [1.807, 2.05) is 0 Å². The Morgan fingerprint density at radius 2 is 1.15 bits per heavy atom. The predicted octanol–water partition coefficient (Wildman–Crippen LogP) is 5.40. The number of halogens is 2. The molecule has 0 aliphatic carbocycles. The molecule has 0 unspecified atom stereocenters. The van der Waals surface area contributed by atoms with Crippen LogP contribution in [0.5, 0.6) is 0 Å². The van der Waals surface area contributed by atoms with Gasteiger partial charge in [-0.15, -0.1) is 0 Å². The maximum absolute atomic E-state index is 4.89. The summed E-state index contributed by atoms with van der Waals surface area (Å²) in [5, 5.41) is 0. The molecule has 0 aliphatic heterocycles. The van der Waals surface area contributed by atoms with Gasteiger partial charge in [-0.25, -0.2) is 0 Å². The molecule has 0 aromatic rings. The first kappa shape index (κ1) is 19.8. The van der Waals surface area contributed by atoms with Crippen LogP contribution in [0.1, 0.15) is 52.4 Å². The summed E-state index contributed by atoms with van der Waals surface area (Å²) in [5.74, 6) is 0. The summed E-state index contributed by atoms with van der Waals surface area (Å²) < 4.78 is 0. The van der Waals surface area contributed by atoms with Gasteiger partial charge >= 0.3 is 35.6 Å². The third-order valence-corrected chi connectivity index (χ3v) is 1.21. The van der Waals surface area contributed by atoms with E-state index < -0.39 is 17.0 Å². The predicted molar refractivity (Wildman–Crippen MR) is 61.5 cm³/mol. The van der Waals surface area contributed by atoms with E-state index in [1.54, 1.807) is 0 Å². The molecule has 0 saturated heterocycles. The van der Waals surface area contributed by atoms with Crippen LogP contribution in [0, 0.1) is 13.8 Å². The third kappa shape index (κ3) is 60.5. The summed E-state index contributed by atoms with van der Waals surface area (Å²) in [7, 11) is 9.78. The van der Waals surface area contributed by atoms with Crippen LogP contribution in [0.25, 0.3) is 0 Å². The molecule has 0 amide bonds. The Balaban J connectivity index is -0.000000120. The van der Waals surface area contributed by atoms with E-state index in [4.69, 9.17) is 18.6 Å². The van der Waals surface area contributed by atoms with Crippen molar-refractivity contribution in [2.75, 3.05) is 0 Å². The Kier molecular flexibility index (Phi) is 44.5. The summed E-state index contributed by atoms with van der Waals surface area (Å²) in [6, 6.07) is 0. The van der Waals surface area contributed by atoms with E-state index in [1.165, 1.54) is 25.7 Å². The van der Waals surface area contributed by atoms with Gasteiger partial charge in [0.1, 0.15) is 0 Å². The third-order valence-electron chi connectivity index (χ3n) is 1.21. The van der Waals surface area contributed by atoms with Crippen LogP contribution in [0.2, 0.25) is 0 Å². The second-order valence-electron chi connectivity index (χ2n) is 2.49. The second-order valence-corrected chi connectivity index (χ2v) is 5.06. The fourth-order valence-corrected chi connectivity index (χ4v) is 0.500. The van der Waals surface area contributed by atoms with Crippen molar-refractivity contribution in [3.8, 4) is 0 Å². The molecule has 0 N–H and O–H groups in total. The summed E-state index contributed by atoms with van der Waals surface area (Å²) in [6.07, 6.45) is 7.31. The first-order valence-electron chi connectivity index (χ1n) is 4.79. The summed E-state index contributed by atoms with van der Waals surface area (Å²) >= 11 is -0.556. The van der Waals surface area contributed by atoms with Crippen LogP contribution < -0.4 is 0 Å². The molecule has 82 valence electrons. The van der Waals surface area contributed by atoms with Crippen molar-refractivity contribution in [1.29, 1.82) is 0 Å². The van der Waals surface area contributed by atoms with Crippen molar-refractivity contribution in [3.63, 3.8) is 0 Å². The van der Waals surface area contributed by atoms with Gasteiger partial charge in [-0.3, -0.25) is 0 Å². The summed E-state index contributed by atoms with van der Waals surface area (Å²) in [4.78, 5) is 0. The molecule has 0 bridgehead atoms. The molecule has 0 rings (SSSR count). The van der Waals surface area contributed by atoms with E-state index in [0.29, 0.717) is 0 Å². The van der Waals surface area contributed by atoms with Gasteiger partial charge in [0, 0.05) is 0 Å². The number of hydrogen-bond acceptors (Lipinski definition) is 0. The zero-order valence-electron chi connectivity index (χ0n) is 8.91. The maximum atomic E-state index is 4.89. The van der Waals surface area contributed by atoms with Crippen LogP contribution in [-0.2, 0) is 17.0 Å². The SMILES string of the molecule is [CH2-]CCCC.[CH2-]CCCC.[Cl][Ti][Cl]. The Labute approximate surface area is 101 Å². The van der Waals surface area contributed by atoms with Gasteiger partial charge in [-0.1, -0.05) is 39.5 Å². The van der Waals surface area contributed by atoms with E-state index >= 15 is 0 Å². The van der Waals surface area contributed by atoms with Crippen molar-refractivity contribution in [3.05, 3.63) is 13.8 Å². The van der Waals surface area contributed by atoms with Crippen LogP contribution in [0.4, 0.5) is 0 Å². The summed E-state index contributed by atoms with van der Waals surface area (Å²) in [6.45, 7) is 11.7. The van der Waals surface area contributed by atoms with E-state index in [0.717, 1.165) is 12.8 Å². The molecule has 0 nitrogen and oxygen atoms in total. The molecule has 0 aromatic carbocycles. The average Bonchev–Trinajstić information content (AvgIpc) is 2.09. The standard InChI is InChI=1S/2C5H11.2ClH.Ti/c2*1-3-5-4-2;;;/h2*1,3-5H2,2H3;2*1H;/q2*-1;;;+2/p-2. The summed E-state index contributed by atoms with van der Waals surface area (Å²) in [5.41, 5.74) is 0. The Hall–Kier alpha value is 1.29. The zero-order chi connectivity index (χ0) is 10.9. The van der Waals surface area contributed by atoms with Crippen molar-refractivity contribution in [2.45, 2.75) is 52.4 Å². The monoisotopic (exact) mass is 260 g/mol. The molecule has 0 atom stereocenters. The molecule has 0 saturated carbocycles. The van der Waals surface area contributed by atoms with Crippen molar-refractivity contribution >= 4 is 18.6 Å². The van der Waals surface area contributed by atoms with E-state index in [9.17, 15) is 0 Å². The van der Waals surface area contributed by atoms with Crippen LogP contribution in [-0.4, -0.2) is 0 Å². The minimum absolute atomic E-state index is 0.556. The molecule has 0 fully saturated rings. The van der Waals surface area contributed by atoms with Gasteiger partial charge in [0.25, 0.3) is 0 Å². The van der Waals surface area contributed by atoms with Gasteiger partial charge in [0.2, 0.25) is 0 Å². The van der Waals surface area contributed by atoms with Crippen LogP contribution in [0.3, 0.4) is 0 Å². The molecular weight excluding hydrogens is 239 g/mol. The Morgan fingerprint density at radius 1 is 0.923 bits per heavy atom. The quantitative estimate of drug-likeness (QED) is 0.469. The van der Waals surface area contributed by atoms with Crippen LogP contribution in [0.15, 0.2) is 0 Å². The minimum atomic E-state index is -0.556. The topological polar surface area (TPSA) is 0 Å². The fraction of sp³-hybridized carbons (Fsp3) is 0.800. The Morgan fingerprint density at radius 3 is 1.15 bits per heavy atom. The zero-order valence-corrected chi connectivity index (χ0v) is 12.0. The number of rotatable bonds is 4. The van der Waals surface area contributed by atoms with Crippen molar-refractivity contribution in [2.24, 2.45) is 0 Å². The second kappa shape index (κ2) is 29.2. The Bertz CT molecular complexity index is 42.2. The number of hydrogen-bond donors (Lipinski definition) is 0. The molecular formula is C10H22Cl2Ti-2. The van der Waals surface area contributed by atoms with Gasteiger partial charge in [-0.05, 0) is 0 Å². The van der Waals surface area contributed by atoms with Gasteiger partial charge in [-0.2, -0.15) is 12.8 Å². The van der Waals surface area contributed by atoms with Crippen molar-refractivity contribution < 1.29 is 17.0 Å². The first-order chi connectivity index (χ1) is 6.24. The normalized spacial score (nSPS) is 7.54. The van der Waals surface area contributed by atoms with Crippen LogP contribution >= 0.6 is 18.6 Å². The molecule has 0 aliphatic rings. The average molecular weight is 261 g/mol. The first-order valence-corrected chi connectivity index (χ1v) is 9.09. The van der Waals surface area contributed by atoms with Crippen molar-refractivity contribution in [1.82, 2.24) is 0 Å². The molecule has 13 heavy (non-hydrogen) atoms. The van der Waals surface area contributed by atoms with Gasteiger partial charge in [0.15, 0.2) is 0 Å². The molecule has 0 aromatic heterocycles. The fourth-order valence-electron chi connectivity index (χ4n) is 0.500. The van der Waals surface area contributed by atoms with Gasteiger partial charge in [0.05, 0.1) is 0 Å². The van der Waals surface area contributed by atoms with Gasteiger partial charge < -0.3 is 13.8 Å². The van der Waals surface area contributed by atoms with E-state index in [2.05, 4.69) is 27.7 Å². The molecule has 0 spiro atoms. The molecule has 0 radical (unpaired) electrons. The number of unbranched alkanes of at least 4 members (excludes halogenated alkanes) is 4. The van der Waals surface area contributed by atoms with E-state index in [-0.39, 0.29) is 0 Å². The molecule has 3 heteroatoms. The molecule has 0 heterocycles.